The van der Waals surface area contributed by atoms with E-state index >= 15 is 0 Å². The number of alkyl halides is 2. The molecule has 2 saturated heterocycles. The van der Waals surface area contributed by atoms with E-state index in [2.05, 4.69) is 10.1 Å². The molecular weight excluding hydrogens is 568 g/mol. The van der Waals surface area contributed by atoms with Crippen molar-refractivity contribution < 1.29 is 37.4 Å². The summed E-state index contributed by atoms with van der Waals surface area (Å²) >= 11 is 1.49. The second-order valence-electron chi connectivity index (χ2n) is 11.0. The summed E-state index contributed by atoms with van der Waals surface area (Å²) in [5.41, 5.74) is 2.58. The van der Waals surface area contributed by atoms with Gasteiger partial charge < -0.3 is 28.7 Å². The molecule has 0 amide bonds. The molecule has 3 aliphatic rings. The van der Waals surface area contributed by atoms with Crippen LogP contribution in [-0.2, 0) is 11.3 Å². The molecule has 2 aromatic carbocycles. The number of carboxylic acid groups (broad SMARTS) is 1. The highest BCUT2D eigenvalue weighted by atomic mass is 32.1. The van der Waals surface area contributed by atoms with Crippen LogP contribution in [0.4, 0.5) is 13.9 Å². The molecule has 4 aromatic rings. The monoisotopic (exact) mass is 597 g/mol. The van der Waals surface area contributed by atoms with Crippen molar-refractivity contribution >= 4 is 32.7 Å². The van der Waals surface area contributed by atoms with E-state index in [-0.39, 0.29) is 42.0 Å². The number of halogens is 2. The van der Waals surface area contributed by atoms with Gasteiger partial charge in [0.1, 0.15) is 28.5 Å². The van der Waals surface area contributed by atoms with Crippen molar-refractivity contribution in [1.82, 2.24) is 10.1 Å². The van der Waals surface area contributed by atoms with Crippen LogP contribution >= 0.6 is 11.3 Å². The van der Waals surface area contributed by atoms with Gasteiger partial charge in [-0.05, 0) is 62.8 Å². The maximum absolute atomic E-state index is 13.1. The van der Waals surface area contributed by atoms with Gasteiger partial charge >= 0.3 is 12.6 Å². The molecule has 1 saturated carbocycles. The fourth-order valence-electron chi connectivity index (χ4n) is 6.35. The zero-order valence-corrected chi connectivity index (χ0v) is 23.6. The van der Waals surface area contributed by atoms with Crippen molar-refractivity contribution in [2.75, 3.05) is 12.0 Å². The minimum Gasteiger partial charge on any atom is -0.494 e. The first-order chi connectivity index (χ1) is 20.4. The number of para-hydroxylation sites is 1. The summed E-state index contributed by atoms with van der Waals surface area (Å²) in [6.07, 6.45) is 5.66. The summed E-state index contributed by atoms with van der Waals surface area (Å²) in [6, 6.07) is 10.3. The lowest BCUT2D eigenvalue weighted by atomic mass is 10.00. The molecule has 1 aliphatic carbocycles. The van der Waals surface area contributed by atoms with E-state index in [1.54, 1.807) is 24.3 Å². The van der Waals surface area contributed by atoms with Gasteiger partial charge in [0, 0.05) is 29.1 Å². The number of thiazole rings is 1. The zero-order valence-electron chi connectivity index (χ0n) is 22.8. The third-order valence-electron chi connectivity index (χ3n) is 8.41. The highest BCUT2D eigenvalue weighted by molar-refractivity contribution is 7.22. The van der Waals surface area contributed by atoms with Crippen molar-refractivity contribution in [3.05, 3.63) is 53.3 Å². The smallest absolute Gasteiger partial charge is 0.387 e. The Morgan fingerprint density at radius 2 is 1.90 bits per heavy atom. The van der Waals surface area contributed by atoms with Crippen molar-refractivity contribution in [3.8, 4) is 22.8 Å². The fourth-order valence-corrected chi connectivity index (χ4v) is 7.52. The van der Waals surface area contributed by atoms with Crippen molar-refractivity contribution in [2.24, 2.45) is 0 Å². The number of aromatic carboxylic acids is 1. The summed E-state index contributed by atoms with van der Waals surface area (Å²) in [5, 5.41) is 14.6. The number of carboxylic acids is 1. The number of aromatic nitrogens is 2. The third-order valence-corrected chi connectivity index (χ3v) is 9.43. The Balaban J connectivity index is 1.10. The molecule has 1 N–H and O–H groups in total. The topological polar surface area (TPSA) is 107 Å². The summed E-state index contributed by atoms with van der Waals surface area (Å²) in [5.74, 6) is 0.535. The molecule has 2 aliphatic heterocycles. The standard InChI is InChI=1S/C30H29F2N3O6S/c1-38-23-10-16(28(36)37)11-24-26(23)33-30(42-24)35-17-8-9-18(35)13-19(12-17)39-14-21-25(34-41-27(21)15-6-7-15)20-4-2-3-5-22(20)40-29(31)32/h2-5,10-11,15,17-19,29H,6-9,12-14H2,1H3,(H,36,37). The first-order valence-electron chi connectivity index (χ1n) is 14.0. The summed E-state index contributed by atoms with van der Waals surface area (Å²) < 4.78 is 49.5. The average molecular weight is 598 g/mol. The quantitative estimate of drug-likeness (QED) is 0.210. The second kappa shape index (κ2) is 10.8. The lowest BCUT2D eigenvalue weighted by molar-refractivity contribution is -0.0494. The Labute approximate surface area is 244 Å². The molecule has 2 aromatic heterocycles. The van der Waals surface area contributed by atoms with Gasteiger partial charge in [-0.15, -0.1) is 0 Å². The van der Waals surface area contributed by atoms with Crippen molar-refractivity contribution in [1.29, 1.82) is 0 Å². The molecule has 4 heterocycles. The first kappa shape index (κ1) is 27.1. The number of fused-ring (bicyclic) bond motifs is 3. The molecular formula is C30H29F2N3O6S. The van der Waals surface area contributed by atoms with Crippen LogP contribution in [0.1, 0.15) is 66.1 Å². The van der Waals surface area contributed by atoms with Crippen LogP contribution in [0.15, 0.2) is 40.9 Å². The zero-order chi connectivity index (χ0) is 29.0. The van der Waals surface area contributed by atoms with Crippen LogP contribution in [0.2, 0.25) is 0 Å². The number of ether oxygens (including phenoxy) is 3. The number of rotatable bonds is 10. The number of anilines is 1. The molecule has 9 nitrogen and oxygen atoms in total. The van der Waals surface area contributed by atoms with Crippen LogP contribution in [0, 0.1) is 0 Å². The molecule has 0 radical (unpaired) electrons. The first-order valence-corrected chi connectivity index (χ1v) is 14.9. The maximum atomic E-state index is 13.1. The highest BCUT2D eigenvalue weighted by Crippen LogP contribution is 2.47. The van der Waals surface area contributed by atoms with E-state index in [1.165, 1.54) is 30.6 Å². The molecule has 12 heteroatoms. The Morgan fingerprint density at radius 3 is 2.60 bits per heavy atom. The molecule has 2 atom stereocenters. The van der Waals surface area contributed by atoms with Gasteiger partial charge in [0.2, 0.25) is 0 Å². The minimum absolute atomic E-state index is 0.00337. The lowest BCUT2D eigenvalue weighted by Gasteiger charge is -2.38. The largest absolute Gasteiger partial charge is 0.494 e. The number of hydrogen-bond donors (Lipinski definition) is 1. The molecule has 0 spiro atoms. The van der Waals surface area contributed by atoms with E-state index in [4.69, 9.17) is 23.7 Å². The number of carbonyl (C=O) groups is 1. The van der Waals surface area contributed by atoms with Gasteiger partial charge in [-0.2, -0.15) is 8.78 Å². The molecule has 220 valence electrons. The van der Waals surface area contributed by atoms with Gasteiger partial charge in [0.15, 0.2) is 5.13 Å². The van der Waals surface area contributed by atoms with Crippen molar-refractivity contribution in [3.63, 3.8) is 0 Å². The Hall–Kier alpha value is -3.77. The maximum Gasteiger partial charge on any atom is 0.387 e. The van der Waals surface area contributed by atoms with Gasteiger partial charge in [-0.3, -0.25) is 0 Å². The van der Waals surface area contributed by atoms with Gasteiger partial charge in [0.05, 0.1) is 30.1 Å². The van der Waals surface area contributed by atoms with E-state index in [1.807, 2.05) is 0 Å². The van der Waals surface area contributed by atoms with E-state index < -0.39 is 12.6 Å². The number of methoxy groups -OCH3 is 1. The minimum atomic E-state index is -2.95. The Morgan fingerprint density at radius 1 is 1.14 bits per heavy atom. The SMILES string of the molecule is COc1cc(C(=O)O)cc2sc(N3C4CCC3CC(OCc3c(-c5ccccc5OC(F)F)noc3C3CC3)C4)nc12. The van der Waals surface area contributed by atoms with E-state index in [0.29, 0.717) is 22.5 Å². The number of benzene rings is 2. The van der Waals surface area contributed by atoms with Crippen LogP contribution in [0.25, 0.3) is 21.5 Å². The number of nitrogens with zero attached hydrogens (tertiary/aromatic N) is 3. The Bertz CT molecular complexity index is 1620. The summed E-state index contributed by atoms with van der Waals surface area (Å²) in [4.78, 5) is 18.8. The molecule has 2 unspecified atom stereocenters. The third kappa shape index (κ3) is 4.96. The van der Waals surface area contributed by atoms with Gasteiger partial charge in [-0.1, -0.05) is 28.6 Å². The predicted molar refractivity (Wildman–Crippen MR) is 151 cm³/mol. The van der Waals surface area contributed by atoms with Gasteiger partial charge in [0.25, 0.3) is 0 Å². The van der Waals surface area contributed by atoms with Crippen LogP contribution in [-0.4, -0.2) is 53.1 Å². The van der Waals surface area contributed by atoms with E-state index in [9.17, 15) is 18.7 Å². The van der Waals surface area contributed by atoms with Crippen LogP contribution in [0.5, 0.6) is 11.5 Å². The summed E-state index contributed by atoms with van der Waals surface area (Å²) in [6.45, 7) is -2.68. The normalized spacial score (nSPS) is 21.8. The van der Waals surface area contributed by atoms with Gasteiger partial charge in [-0.25, -0.2) is 9.78 Å². The lowest BCUT2D eigenvalue weighted by Crippen LogP contribution is -2.45. The van der Waals surface area contributed by atoms with E-state index in [0.717, 1.165) is 59.7 Å². The predicted octanol–water partition coefficient (Wildman–Crippen LogP) is 6.85. The molecule has 7 rings (SSSR count). The Kier molecular flexibility index (Phi) is 6.97. The van der Waals surface area contributed by atoms with Crippen molar-refractivity contribution in [2.45, 2.75) is 75.8 Å². The molecule has 42 heavy (non-hydrogen) atoms. The molecule has 3 fully saturated rings. The molecule has 2 bridgehead atoms. The fraction of sp³-hybridized carbons (Fsp3) is 0.433. The second-order valence-corrected chi connectivity index (χ2v) is 12.1. The average Bonchev–Trinajstić information content (AvgIpc) is 3.49. The number of hydrogen-bond acceptors (Lipinski definition) is 9. The number of piperidine rings is 1. The van der Waals surface area contributed by atoms with Crippen LogP contribution in [0.3, 0.4) is 0 Å². The van der Waals surface area contributed by atoms with Crippen LogP contribution < -0.4 is 14.4 Å². The summed E-state index contributed by atoms with van der Waals surface area (Å²) in [7, 11) is 1.52. The highest BCUT2D eigenvalue weighted by Gasteiger charge is 2.43.